The molecule has 1 aromatic heterocycles. The van der Waals surface area contributed by atoms with Crippen molar-refractivity contribution in [2.45, 2.75) is 232 Å². The second kappa shape index (κ2) is 77.1. The zero-order chi connectivity index (χ0) is 107. The standard InChI is InChI=1S/C93H165I4N11O35S/c1-6-7-8-9-10-11-12-13-14-15-41-144-47-74(84(130)106-90(54-115,55-116)63-138-37-19-29-97)46-73(83(129)105-89(52-113,53-114)62-137-36-18-28-96)45-72(82(128)104-88(50-111,51-112)61-136-35-17-27-95)44-71(81(127)103-87(48-109,49-110)60-135-34-16-26-94)43-70(80(126)102-92(58-119,59-120)65-141-40-25-78(124)134-5)42-69(79(125)101-91(56-117,57-118)64-140-39-24-77(123)133-4)21-22-76(122)100-93(67-142-86(2,3)143-68-93)66-139-38-23-75(121)98-30-20-32-107-33-31-99-85(107)108(131)132/h31,33,69-74,109-120H,6-30,32,34-68H2,1-5H3,(H,98,121)(H,100,122)(H,101,125)(H,102,126)(H,103,127)(H,104,128)(H,105,129)(H,106,130). The molecule has 836 valence electrons. The highest BCUT2D eigenvalue weighted by molar-refractivity contribution is 14.1. The van der Waals surface area contributed by atoms with E-state index in [2.05, 4.69) is 145 Å². The number of rotatable bonds is 91. The van der Waals surface area contributed by atoms with Gasteiger partial charge in [-0.15, -0.1) is 0 Å². The van der Waals surface area contributed by atoms with Gasteiger partial charge in [0.2, 0.25) is 47.3 Å². The van der Waals surface area contributed by atoms with Crippen molar-refractivity contribution in [2.24, 2.45) is 35.5 Å². The lowest BCUT2D eigenvalue weighted by molar-refractivity contribution is -0.396. The van der Waals surface area contributed by atoms with Crippen LogP contribution < -0.4 is 42.5 Å². The predicted octanol–water partition coefficient (Wildman–Crippen LogP) is 0.988. The van der Waals surface area contributed by atoms with Crippen LogP contribution in [0, 0.1) is 45.6 Å². The highest BCUT2D eigenvalue weighted by atomic mass is 127. The number of alkyl halides is 4. The summed E-state index contributed by atoms with van der Waals surface area (Å²) >= 11 is 9.78. The molecule has 144 heavy (non-hydrogen) atoms. The second-order valence-corrected chi connectivity index (χ2v) is 42.8. The maximum absolute atomic E-state index is 16.6. The number of nitrogens with zero attached hydrogens (tertiary/aromatic N) is 3. The SMILES string of the molecule is CCCCCCCCCCCCSCC(CC(CC(CC(CC(CC(CCC(=O)NC1(COCCC(=O)NCCCn2ccnc2[N+](=O)[O-])COC(C)(C)OC1)C(=O)NC(CO)(CO)COCCC(=O)OC)C(=O)NC(CO)(CO)COCCC(=O)OC)C(=O)NC(CO)(CO)COCCCI)C(=O)NC(CO)(CO)COCCCI)C(=O)NC(CO)(CO)COCCCI)C(=O)NC(CO)(CO)COCCCI. The van der Waals surface area contributed by atoms with Gasteiger partial charge in [-0.1, -0.05) is 160 Å². The third-order valence-electron chi connectivity index (χ3n) is 24.4. The average Bonchev–Trinajstić information content (AvgIpc) is 0.881. The van der Waals surface area contributed by atoms with Crippen LogP contribution in [-0.4, -0.2) is 414 Å². The molecule has 2 heterocycles. The van der Waals surface area contributed by atoms with Gasteiger partial charge in [-0.25, -0.2) is 4.57 Å². The van der Waals surface area contributed by atoms with Crippen LogP contribution in [0.3, 0.4) is 0 Å². The summed E-state index contributed by atoms with van der Waals surface area (Å²) in [4.78, 5) is 165. The zero-order valence-electron chi connectivity index (χ0n) is 84.3. The molecule has 46 nitrogen and oxygen atoms in total. The number of nitrogens with one attached hydrogen (secondary N) is 8. The fraction of sp³-hybridized carbons (Fsp3) is 0.860. The number of carbonyl (C=O) groups excluding carboxylic acids is 10. The van der Waals surface area contributed by atoms with Crippen LogP contribution in [0.2, 0.25) is 0 Å². The van der Waals surface area contributed by atoms with E-state index >= 15 is 33.6 Å². The molecule has 6 unspecified atom stereocenters. The number of aliphatic hydroxyl groups is 12. The molecule has 2 rings (SSSR count). The third-order valence-corrected chi connectivity index (χ3v) is 28.7. The Hall–Kier alpha value is -4.26. The molecule has 1 aliphatic heterocycles. The van der Waals surface area contributed by atoms with E-state index in [1.807, 2.05) is 0 Å². The van der Waals surface area contributed by atoms with Gasteiger partial charge in [0.25, 0.3) is 0 Å². The van der Waals surface area contributed by atoms with Gasteiger partial charge in [0.05, 0.1) is 192 Å². The first-order valence-electron chi connectivity index (χ1n) is 49.2. The first-order chi connectivity index (χ1) is 69.0. The summed E-state index contributed by atoms with van der Waals surface area (Å²) in [6.45, 7) is -12.3. The number of carbonyl (C=O) groups is 10. The number of esters is 2. The number of amides is 8. The van der Waals surface area contributed by atoms with E-state index < -0.39 is 321 Å². The molecule has 20 N–H and O–H groups in total. The average molecular weight is 2540 g/mol. The predicted molar refractivity (Wildman–Crippen MR) is 564 cm³/mol. The molecule has 6 atom stereocenters. The number of aryl methyl sites for hydroxylation is 1. The van der Waals surface area contributed by atoms with E-state index in [-0.39, 0.29) is 103 Å². The summed E-state index contributed by atoms with van der Waals surface area (Å²) in [6.07, 6.45) is 8.34. The molecular formula is C93H165I4N11O35S. The lowest BCUT2D eigenvalue weighted by Crippen LogP contribution is -2.63. The van der Waals surface area contributed by atoms with Gasteiger partial charge >= 0.3 is 17.9 Å². The summed E-state index contributed by atoms with van der Waals surface area (Å²) in [6, 6.07) is 0. The lowest BCUT2D eigenvalue weighted by Gasteiger charge is -2.43. The molecule has 0 aliphatic carbocycles. The fourth-order valence-electron chi connectivity index (χ4n) is 15.2. The molecule has 1 fully saturated rings. The molecule has 0 spiro atoms. The first-order valence-corrected chi connectivity index (χ1v) is 56.5. The summed E-state index contributed by atoms with van der Waals surface area (Å²) in [5.41, 5.74) is -14.2. The van der Waals surface area contributed by atoms with Gasteiger partial charge in [-0.05, 0) is 102 Å². The smallest absolute Gasteiger partial charge is 0.434 e. The van der Waals surface area contributed by atoms with Crippen molar-refractivity contribution in [1.82, 2.24) is 52.1 Å². The van der Waals surface area contributed by atoms with Gasteiger partial charge < -0.3 is 166 Å². The van der Waals surface area contributed by atoms with Gasteiger partial charge in [-0.2, -0.15) is 11.8 Å². The summed E-state index contributed by atoms with van der Waals surface area (Å²) < 4.78 is 66.9. The molecule has 1 saturated heterocycles. The first kappa shape index (κ1) is 136. The monoisotopic (exact) mass is 2540 g/mol. The number of imidazole rings is 1. The molecule has 0 bridgehead atoms. The molecule has 1 aliphatic rings. The Morgan fingerprint density at radius 2 is 0.757 bits per heavy atom. The Kier molecular flexibility index (Phi) is 72.7. The number of ether oxygens (including phenoxy) is 11. The van der Waals surface area contributed by atoms with Crippen LogP contribution in [0.4, 0.5) is 5.95 Å². The van der Waals surface area contributed by atoms with E-state index in [0.29, 0.717) is 55.6 Å². The van der Waals surface area contributed by atoms with Crippen LogP contribution in [0.25, 0.3) is 0 Å². The minimum absolute atomic E-state index is 0.00319. The van der Waals surface area contributed by atoms with Gasteiger partial charge in [0, 0.05) is 105 Å². The Labute approximate surface area is 904 Å². The van der Waals surface area contributed by atoms with Crippen LogP contribution >= 0.6 is 102 Å². The van der Waals surface area contributed by atoms with Gasteiger partial charge in [0.15, 0.2) is 5.79 Å². The molecule has 0 aromatic carbocycles. The number of hydrogen-bond donors (Lipinski definition) is 20. The largest absolute Gasteiger partial charge is 0.469 e. The van der Waals surface area contributed by atoms with E-state index in [0.717, 1.165) is 72.0 Å². The van der Waals surface area contributed by atoms with E-state index in [4.69, 9.17) is 52.1 Å². The quantitative estimate of drug-likeness (QED) is 0.0108. The third kappa shape index (κ3) is 52.9. The minimum atomic E-state index is -2.28. The van der Waals surface area contributed by atoms with Crippen molar-refractivity contribution >= 4 is 167 Å². The molecule has 1 aromatic rings. The normalized spacial score (nSPS) is 14.8. The van der Waals surface area contributed by atoms with Crippen LogP contribution in [0.1, 0.15) is 181 Å². The number of unbranched alkanes of at least 4 members (excludes halogenated alkanes) is 9. The molecule has 0 radical (unpaired) electrons. The number of nitro groups is 1. The van der Waals surface area contributed by atoms with Crippen LogP contribution in [0.5, 0.6) is 0 Å². The van der Waals surface area contributed by atoms with Crippen molar-refractivity contribution in [1.29, 1.82) is 0 Å². The van der Waals surface area contributed by atoms with E-state index in [9.17, 15) is 85.8 Å². The van der Waals surface area contributed by atoms with Crippen molar-refractivity contribution in [2.75, 3.05) is 235 Å². The van der Waals surface area contributed by atoms with Crippen molar-refractivity contribution < 1.29 is 166 Å². The highest BCUT2D eigenvalue weighted by Gasteiger charge is 2.48. The number of hydrogen-bond acceptors (Lipinski definition) is 37. The lowest BCUT2D eigenvalue weighted by atomic mass is 9.76. The maximum Gasteiger partial charge on any atom is 0.434 e. The van der Waals surface area contributed by atoms with E-state index in [1.165, 1.54) is 28.7 Å². The summed E-state index contributed by atoms with van der Waals surface area (Å²) in [7, 11) is 2.22. The molecule has 8 amide bonds. The molecule has 51 heteroatoms. The van der Waals surface area contributed by atoms with Crippen molar-refractivity contribution in [3.8, 4) is 0 Å². The van der Waals surface area contributed by atoms with Crippen molar-refractivity contribution in [3.63, 3.8) is 0 Å². The summed E-state index contributed by atoms with van der Waals surface area (Å²) in [5.74, 6) is -21.6. The topological polar surface area (TPSA) is 672 Å². The highest BCUT2D eigenvalue weighted by Crippen LogP contribution is 2.36. The molecule has 0 saturated carbocycles. The number of methoxy groups -OCH3 is 2. The molecular weight excluding hydrogens is 2370 g/mol. The van der Waals surface area contributed by atoms with Gasteiger partial charge in [0.1, 0.15) is 51.2 Å². The number of thioether (sulfide) groups is 1. The van der Waals surface area contributed by atoms with Crippen LogP contribution in [-0.2, 0) is 107 Å². The summed E-state index contributed by atoms with van der Waals surface area (Å²) in [5, 5.41) is 170. The minimum Gasteiger partial charge on any atom is -0.469 e. The maximum atomic E-state index is 16.6. The zero-order valence-corrected chi connectivity index (χ0v) is 93.7. The number of aromatic nitrogens is 2. The fourth-order valence-corrected chi connectivity index (χ4v) is 17.5. The Bertz CT molecular complexity index is 3740. The number of halogens is 4. The Morgan fingerprint density at radius 3 is 1.10 bits per heavy atom. The van der Waals surface area contributed by atoms with Gasteiger partial charge in [-0.3, -0.25) is 47.9 Å². The second-order valence-electron chi connectivity index (χ2n) is 37.3. The Morgan fingerprint density at radius 1 is 0.438 bits per heavy atom. The van der Waals surface area contributed by atoms with Crippen LogP contribution in [0.15, 0.2) is 12.4 Å². The number of aliphatic hydroxyl groups excluding tert-OH is 12. The van der Waals surface area contributed by atoms with E-state index in [1.54, 1.807) is 13.8 Å². The Balaban J connectivity index is 3.53. The van der Waals surface area contributed by atoms with Crippen molar-refractivity contribution in [3.05, 3.63) is 22.5 Å².